The van der Waals surface area contributed by atoms with Crippen molar-refractivity contribution in [1.29, 1.82) is 0 Å². The van der Waals surface area contributed by atoms with Crippen LogP contribution >= 0.6 is 0 Å². The van der Waals surface area contributed by atoms with E-state index in [0.717, 1.165) is 49.8 Å². The van der Waals surface area contributed by atoms with Crippen LogP contribution < -0.4 is 11.1 Å². The molecule has 0 aromatic heterocycles. The molecule has 0 bridgehead atoms. The van der Waals surface area contributed by atoms with Gasteiger partial charge in [0.25, 0.3) is 0 Å². The third kappa shape index (κ3) is 5.81. The topological polar surface area (TPSA) is 75.4 Å². The molecule has 2 aliphatic rings. The first-order valence-corrected chi connectivity index (χ1v) is 10.8. The standard InChI is InChI=1S/C23H35N3O2/c1-23(2,15-24)16-26(22(28)19-6-4-3-5-7-19)14-17-8-12-20(13-9-17)25-21(27)18-10-11-18/h8-9,12-13,18-19H,3-7,10-11,14-16,24H2,1-2H3,(H,25,27). The maximum absolute atomic E-state index is 13.2. The van der Waals surface area contributed by atoms with Crippen molar-refractivity contribution in [2.24, 2.45) is 23.0 Å². The number of amides is 2. The number of rotatable bonds is 8. The predicted molar refractivity (Wildman–Crippen MR) is 113 cm³/mol. The Morgan fingerprint density at radius 2 is 1.68 bits per heavy atom. The lowest BCUT2D eigenvalue weighted by molar-refractivity contribution is -0.138. The molecule has 1 aromatic rings. The zero-order chi connectivity index (χ0) is 20.1. The number of benzene rings is 1. The second-order valence-corrected chi connectivity index (χ2v) is 9.36. The minimum absolute atomic E-state index is 0.109. The van der Waals surface area contributed by atoms with Gasteiger partial charge in [0, 0.05) is 30.6 Å². The molecule has 28 heavy (non-hydrogen) atoms. The highest BCUT2D eigenvalue weighted by atomic mass is 16.2. The molecule has 154 valence electrons. The molecular formula is C23H35N3O2. The number of anilines is 1. The van der Waals surface area contributed by atoms with Crippen molar-refractivity contribution in [3.05, 3.63) is 29.8 Å². The third-order valence-corrected chi connectivity index (χ3v) is 5.98. The molecule has 2 saturated carbocycles. The molecule has 3 rings (SSSR count). The van der Waals surface area contributed by atoms with Gasteiger partial charge in [-0.05, 0) is 55.3 Å². The fourth-order valence-electron chi connectivity index (χ4n) is 3.90. The Bertz CT molecular complexity index is 674. The van der Waals surface area contributed by atoms with Gasteiger partial charge < -0.3 is 16.0 Å². The molecule has 0 aliphatic heterocycles. The van der Waals surface area contributed by atoms with Gasteiger partial charge in [-0.3, -0.25) is 9.59 Å². The van der Waals surface area contributed by atoms with E-state index in [-0.39, 0.29) is 29.1 Å². The quantitative estimate of drug-likeness (QED) is 0.712. The number of nitrogens with two attached hydrogens (primary N) is 1. The monoisotopic (exact) mass is 385 g/mol. The Kier molecular flexibility index (Phi) is 6.76. The van der Waals surface area contributed by atoms with Gasteiger partial charge in [-0.1, -0.05) is 45.2 Å². The van der Waals surface area contributed by atoms with Gasteiger partial charge in [0.1, 0.15) is 0 Å². The van der Waals surface area contributed by atoms with Crippen molar-refractivity contribution >= 4 is 17.5 Å². The maximum atomic E-state index is 13.2. The van der Waals surface area contributed by atoms with Crippen molar-refractivity contribution in [3.63, 3.8) is 0 Å². The second-order valence-electron chi connectivity index (χ2n) is 9.36. The van der Waals surface area contributed by atoms with E-state index in [1.165, 1.54) is 6.42 Å². The van der Waals surface area contributed by atoms with Crippen LogP contribution in [-0.2, 0) is 16.1 Å². The molecule has 5 heteroatoms. The number of hydrogen-bond acceptors (Lipinski definition) is 3. The minimum atomic E-state index is -0.109. The lowest BCUT2D eigenvalue weighted by atomic mass is 9.87. The van der Waals surface area contributed by atoms with Crippen molar-refractivity contribution in [3.8, 4) is 0 Å². The van der Waals surface area contributed by atoms with Crippen LogP contribution in [0.3, 0.4) is 0 Å². The first-order chi connectivity index (χ1) is 13.4. The first kappa shape index (κ1) is 20.8. The summed E-state index contributed by atoms with van der Waals surface area (Å²) in [5.41, 5.74) is 7.75. The summed E-state index contributed by atoms with van der Waals surface area (Å²) in [6.45, 7) is 6.04. The fraction of sp³-hybridized carbons (Fsp3) is 0.652. The first-order valence-electron chi connectivity index (χ1n) is 10.8. The van der Waals surface area contributed by atoms with Crippen molar-refractivity contribution < 1.29 is 9.59 Å². The summed E-state index contributed by atoms with van der Waals surface area (Å²) in [7, 11) is 0. The molecule has 5 nitrogen and oxygen atoms in total. The summed E-state index contributed by atoms with van der Waals surface area (Å²) >= 11 is 0. The summed E-state index contributed by atoms with van der Waals surface area (Å²) in [5.74, 6) is 0.736. The lowest BCUT2D eigenvalue weighted by Crippen LogP contribution is -2.44. The molecule has 0 atom stereocenters. The van der Waals surface area contributed by atoms with Gasteiger partial charge >= 0.3 is 0 Å². The van der Waals surface area contributed by atoms with Gasteiger partial charge in [-0.2, -0.15) is 0 Å². The van der Waals surface area contributed by atoms with E-state index in [9.17, 15) is 9.59 Å². The van der Waals surface area contributed by atoms with E-state index in [1.54, 1.807) is 0 Å². The van der Waals surface area contributed by atoms with Crippen LogP contribution in [-0.4, -0.2) is 29.8 Å². The largest absolute Gasteiger partial charge is 0.338 e. The molecule has 3 N–H and O–H groups in total. The average Bonchev–Trinajstić information content (AvgIpc) is 3.54. The zero-order valence-corrected chi connectivity index (χ0v) is 17.4. The SMILES string of the molecule is CC(C)(CN)CN(Cc1ccc(NC(=O)C2CC2)cc1)C(=O)C1CCCCC1. The highest BCUT2D eigenvalue weighted by molar-refractivity contribution is 5.94. The number of carbonyl (C=O) groups is 2. The Morgan fingerprint density at radius 1 is 1.04 bits per heavy atom. The van der Waals surface area contributed by atoms with Crippen molar-refractivity contribution in [2.75, 3.05) is 18.4 Å². The van der Waals surface area contributed by atoms with Gasteiger partial charge in [0.05, 0.1) is 0 Å². The number of nitrogens with zero attached hydrogens (tertiary/aromatic N) is 1. The van der Waals surface area contributed by atoms with Crippen LogP contribution in [0, 0.1) is 17.3 Å². The highest BCUT2D eigenvalue weighted by Gasteiger charge is 2.31. The van der Waals surface area contributed by atoms with E-state index < -0.39 is 0 Å². The molecular weight excluding hydrogens is 350 g/mol. The normalized spacial score (nSPS) is 18.0. The molecule has 0 radical (unpaired) electrons. The number of nitrogens with one attached hydrogen (secondary N) is 1. The van der Waals surface area contributed by atoms with E-state index >= 15 is 0 Å². The Hall–Kier alpha value is -1.88. The fourth-order valence-corrected chi connectivity index (χ4v) is 3.90. The summed E-state index contributed by atoms with van der Waals surface area (Å²) < 4.78 is 0. The van der Waals surface area contributed by atoms with Gasteiger partial charge in [0.15, 0.2) is 0 Å². The zero-order valence-electron chi connectivity index (χ0n) is 17.4. The van der Waals surface area contributed by atoms with Crippen LogP contribution in [0.25, 0.3) is 0 Å². The van der Waals surface area contributed by atoms with Crippen LogP contribution in [0.15, 0.2) is 24.3 Å². The molecule has 2 amide bonds. The Morgan fingerprint density at radius 3 is 2.25 bits per heavy atom. The summed E-state index contributed by atoms with van der Waals surface area (Å²) in [5, 5.41) is 2.97. The molecule has 2 fully saturated rings. The number of carbonyl (C=O) groups excluding carboxylic acids is 2. The summed E-state index contributed by atoms with van der Waals surface area (Å²) in [6.07, 6.45) is 7.55. The average molecular weight is 386 g/mol. The van der Waals surface area contributed by atoms with E-state index in [4.69, 9.17) is 5.73 Å². The molecule has 0 heterocycles. The smallest absolute Gasteiger partial charge is 0.227 e. The van der Waals surface area contributed by atoms with E-state index in [1.807, 2.05) is 29.2 Å². The Labute approximate surface area is 169 Å². The van der Waals surface area contributed by atoms with Crippen molar-refractivity contribution in [1.82, 2.24) is 4.90 Å². The summed E-state index contributed by atoms with van der Waals surface area (Å²) in [4.78, 5) is 27.1. The van der Waals surface area contributed by atoms with E-state index in [0.29, 0.717) is 19.6 Å². The molecule has 1 aromatic carbocycles. The highest BCUT2D eigenvalue weighted by Crippen LogP contribution is 2.30. The summed E-state index contributed by atoms with van der Waals surface area (Å²) in [6, 6.07) is 7.90. The van der Waals surface area contributed by atoms with Gasteiger partial charge in [0.2, 0.25) is 11.8 Å². The third-order valence-electron chi connectivity index (χ3n) is 5.98. The van der Waals surface area contributed by atoms with Crippen LogP contribution in [0.2, 0.25) is 0 Å². The second kappa shape index (κ2) is 9.08. The van der Waals surface area contributed by atoms with Gasteiger partial charge in [-0.25, -0.2) is 0 Å². The van der Waals surface area contributed by atoms with Crippen LogP contribution in [0.4, 0.5) is 5.69 Å². The maximum Gasteiger partial charge on any atom is 0.227 e. The lowest BCUT2D eigenvalue weighted by Gasteiger charge is -2.35. The number of hydrogen-bond donors (Lipinski definition) is 2. The predicted octanol–water partition coefficient (Wildman–Crippen LogP) is 3.93. The van der Waals surface area contributed by atoms with E-state index in [2.05, 4.69) is 19.2 Å². The van der Waals surface area contributed by atoms with Crippen LogP contribution in [0.1, 0.15) is 64.4 Å². The van der Waals surface area contributed by atoms with Crippen LogP contribution in [0.5, 0.6) is 0 Å². The van der Waals surface area contributed by atoms with Crippen molar-refractivity contribution in [2.45, 2.75) is 65.3 Å². The Balaban J connectivity index is 1.66. The minimum Gasteiger partial charge on any atom is -0.338 e. The van der Waals surface area contributed by atoms with Gasteiger partial charge in [-0.15, -0.1) is 0 Å². The molecule has 2 aliphatic carbocycles. The molecule has 0 unspecified atom stereocenters. The molecule has 0 saturated heterocycles. The molecule has 0 spiro atoms.